The number of pyridine rings is 1. The van der Waals surface area contributed by atoms with Crippen LogP contribution in [-0.2, 0) is 5.41 Å². The number of amides is 1. The molecule has 1 aromatic carbocycles. The highest BCUT2D eigenvalue weighted by Crippen LogP contribution is 2.33. The van der Waals surface area contributed by atoms with Gasteiger partial charge in [0.2, 0.25) is 0 Å². The van der Waals surface area contributed by atoms with Gasteiger partial charge in [0, 0.05) is 23.5 Å². The van der Waals surface area contributed by atoms with Crippen molar-refractivity contribution in [1.29, 1.82) is 0 Å². The maximum atomic E-state index is 11.9. The van der Waals surface area contributed by atoms with Crippen molar-refractivity contribution < 1.29 is 9.90 Å². The quantitative estimate of drug-likeness (QED) is 0.675. The number of phenols is 1. The lowest BCUT2D eigenvalue weighted by Crippen LogP contribution is -2.18. The number of carbonyl (C=O) groups excluding carboxylic acids is 1. The number of hydrogen-bond donors (Lipinski definition) is 2. The van der Waals surface area contributed by atoms with E-state index in [1.807, 2.05) is 39.8 Å². The topological polar surface area (TPSA) is 74.6 Å². The molecule has 1 heterocycles. The second-order valence-corrected chi connectivity index (χ2v) is 6.44. The van der Waals surface area contributed by atoms with Crippen LogP contribution < -0.4 is 5.43 Å². The summed E-state index contributed by atoms with van der Waals surface area (Å²) in [4.78, 5) is 15.8. The van der Waals surface area contributed by atoms with Crippen molar-refractivity contribution in [3.05, 3.63) is 58.9 Å². The minimum Gasteiger partial charge on any atom is -0.507 e. The fraction of sp³-hybridized carbons (Fsp3) is 0.278. The van der Waals surface area contributed by atoms with Crippen LogP contribution in [0.4, 0.5) is 0 Å². The molecule has 0 aliphatic rings. The molecule has 0 saturated carbocycles. The van der Waals surface area contributed by atoms with Gasteiger partial charge in [-0.2, -0.15) is 5.10 Å². The van der Waals surface area contributed by atoms with Crippen LogP contribution in [0.1, 0.15) is 47.8 Å². The molecular formula is C18H21N3O2. The van der Waals surface area contributed by atoms with Gasteiger partial charge in [0.05, 0.1) is 11.8 Å². The van der Waals surface area contributed by atoms with E-state index >= 15 is 0 Å². The molecule has 5 nitrogen and oxygen atoms in total. The normalized spacial score (nSPS) is 11.7. The molecule has 0 radical (unpaired) electrons. The van der Waals surface area contributed by atoms with Crippen LogP contribution in [0.25, 0.3) is 0 Å². The number of nitrogens with one attached hydrogen (secondary N) is 1. The van der Waals surface area contributed by atoms with Crippen molar-refractivity contribution in [2.75, 3.05) is 0 Å². The first-order chi connectivity index (χ1) is 10.8. The monoisotopic (exact) mass is 311 g/mol. The van der Waals surface area contributed by atoms with Crippen molar-refractivity contribution in [1.82, 2.24) is 10.4 Å². The van der Waals surface area contributed by atoms with Gasteiger partial charge in [-0.3, -0.25) is 9.78 Å². The summed E-state index contributed by atoms with van der Waals surface area (Å²) in [6.45, 7) is 8.06. The summed E-state index contributed by atoms with van der Waals surface area (Å²) in [6.07, 6.45) is 4.51. The van der Waals surface area contributed by atoms with E-state index in [1.165, 1.54) is 12.4 Å². The molecule has 2 aromatic rings. The molecule has 0 aliphatic carbocycles. The molecule has 0 bridgehead atoms. The molecule has 0 spiro atoms. The van der Waals surface area contributed by atoms with E-state index < -0.39 is 0 Å². The molecule has 2 N–H and O–H groups in total. The maximum absolute atomic E-state index is 11.9. The van der Waals surface area contributed by atoms with E-state index in [1.54, 1.807) is 18.3 Å². The number of nitrogens with zero attached hydrogens (tertiary/aromatic N) is 2. The predicted octanol–water partition coefficient (Wildman–Crippen LogP) is 3.16. The van der Waals surface area contributed by atoms with Gasteiger partial charge in [-0.15, -0.1) is 0 Å². The van der Waals surface area contributed by atoms with Crippen LogP contribution in [0.5, 0.6) is 5.75 Å². The Kier molecular flexibility index (Phi) is 4.79. The number of hydrazone groups is 1. The summed E-state index contributed by atoms with van der Waals surface area (Å²) in [6, 6.07) is 7.12. The highest BCUT2D eigenvalue weighted by atomic mass is 16.3. The van der Waals surface area contributed by atoms with Gasteiger partial charge in [-0.1, -0.05) is 26.8 Å². The lowest BCUT2D eigenvalue weighted by molar-refractivity contribution is 0.0954. The number of rotatable bonds is 3. The summed E-state index contributed by atoms with van der Waals surface area (Å²) in [5, 5.41) is 14.3. The Hall–Kier alpha value is -2.69. The SMILES string of the molecule is Cc1cc(/C=N/NC(=O)c2cccnc2)c(O)c(C(C)(C)C)c1. The van der Waals surface area contributed by atoms with E-state index in [-0.39, 0.29) is 17.1 Å². The lowest BCUT2D eigenvalue weighted by Gasteiger charge is -2.22. The number of benzene rings is 1. The summed E-state index contributed by atoms with van der Waals surface area (Å²) >= 11 is 0. The average molecular weight is 311 g/mol. The van der Waals surface area contributed by atoms with Crippen molar-refractivity contribution in [2.24, 2.45) is 5.10 Å². The number of aryl methyl sites for hydroxylation is 1. The Morgan fingerprint density at radius 2 is 2.09 bits per heavy atom. The molecule has 5 heteroatoms. The first-order valence-corrected chi connectivity index (χ1v) is 7.36. The summed E-state index contributed by atoms with van der Waals surface area (Å²) < 4.78 is 0. The number of aromatic hydroxyl groups is 1. The zero-order chi connectivity index (χ0) is 17.0. The Morgan fingerprint density at radius 3 is 2.70 bits per heavy atom. The molecule has 0 unspecified atom stereocenters. The largest absolute Gasteiger partial charge is 0.507 e. The van der Waals surface area contributed by atoms with E-state index in [2.05, 4.69) is 15.5 Å². The number of phenolic OH excluding ortho intramolecular Hbond substituents is 1. The minimum atomic E-state index is -0.350. The van der Waals surface area contributed by atoms with Gasteiger partial charge >= 0.3 is 0 Å². The Bertz CT molecular complexity index is 732. The molecule has 1 amide bonds. The zero-order valence-electron chi connectivity index (χ0n) is 13.8. The van der Waals surface area contributed by atoms with Gasteiger partial charge in [0.25, 0.3) is 5.91 Å². The molecule has 2 rings (SSSR count). The predicted molar refractivity (Wildman–Crippen MR) is 90.8 cm³/mol. The lowest BCUT2D eigenvalue weighted by atomic mass is 9.84. The van der Waals surface area contributed by atoms with Crippen LogP contribution in [0, 0.1) is 6.92 Å². The third kappa shape index (κ3) is 4.16. The fourth-order valence-corrected chi connectivity index (χ4v) is 2.20. The van der Waals surface area contributed by atoms with Gasteiger partial charge in [0.1, 0.15) is 5.75 Å². The van der Waals surface area contributed by atoms with E-state index in [9.17, 15) is 9.90 Å². The number of carbonyl (C=O) groups is 1. The highest BCUT2D eigenvalue weighted by molar-refractivity contribution is 5.94. The van der Waals surface area contributed by atoms with Crippen LogP contribution in [0.15, 0.2) is 41.8 Å². The second-order valence-electron chi connectivity index (χ2n) is 6.44. The number of aromatic nitrogens is 1. The first-order valence-electron chi connectivity index (χ1n) is 7.36. The van der Waals surface area contributed by atoms with Crippen molar-refractivity contribution in [3.63, 3.8) is 0 Å². The summed E-state index contributed by atoms with van der Waals surface area (Å²) in [7, 11) is 0. The third-order valence-corrected chi connectivity index (χ3v) is 3.39. The van der Waals surface area contributed by atoms with Crippen molar-refractivity contribution in [3.8, 4) is 5.75 Å². The van der Waals surface area contributed by atoms with Gasteiger partial charge < -0.3 is 5.11 Å². The van der Waals surface area contributed by atoms with Crippen molar-refractivity contribution in [2.45, 2.75) is 33.1 Å². The Balaban J connectivity index is 2.20. The fourth-order valence-electron chi connectivity index (χ4n) is 2.20. The highest BCUT2D eigenvalue weighted by Gasteiger charge is 2.20. The smallest absolute Gasteiger partial charge is 0.272 e. The van der Waals surface area contributed by atoms with Gasteiger partial charge in [-0.25, -0.2) is 5.43 Å². The minimum absolute atomic E-state index is 0.183. The summed E-state index contributed by atoms with van der Waals surface area (Å²) in [5.74, 6) is -0.167. The average Bonchev–Trinajstić information content (AvgIpc) is 2.50. The van der Waals surface area contributed by atoms with E-state index in [0.29, 0.717) is 11.1 Å². The van der Waals surface area contributed by atoms with Crippen LogP contribution in [0.2, 0.25) is 0 Å². The zero-order valence-corrected chi connectivity index (χ0v) is 13.8. The maximum Gasteiger partial charge on any atom is 0.272 e. The Morgan fingerprint density at radius 1 is 1.35 bits per heavy atom. The molecule has 1 aromatic heterocycles. The third-order valence-electron chi connectivity index (χ3n) is 3.39. The first kappa shape index (κ1) is 16.7. The molecule has 120 valence electrons. The summed E-state index contributed by atoms with van der Waals surface area (Å²) in [5.41, 5.74) is 5.11. The van der Waals surface area contributed by atoms with Gasteiger partial charge in [0.15, 0.2) is 0 Å². The molecule has 0 atom stereocenters. The number of hydrogen-bond acceptors (Lipinski definition) is 4. The molecule has 0 fully saturated rings. The van der Waals surface area contributed by atoms with Crippen LogP contribution >= 0.6 is 0 Å². The van der Waals surface area contributed by atoms with E-state index in [4.69, 9.17) is 0 Å². The molecular weight excluding hydrogens is 290 g/mol. The van der Waals surface area contributed by atoms with Crippen LogP contribution in [0.3, 0.4) is 0 Å². The second kappa shape index (κ2) is 6.60. The van der Waals surface area contributed by atoms with Crippen molar-refractivity contribution >= 4 is 12.1 Å². The Labute approximate surface area is 136 Å². The molecule has 0 saturated heterocycles. The van der Waals surface area contributed by atoms with Crippen LogP contribution in [-0.4, -0.2) is 22.2 Å². The molecule has 23 heavy (non-hydrogen) atoms. The standard InChI is InChI=1S/C18H21N3O2/c1-12-8-14(16(22)15(9-12)18(2,3)4)11-20-21-17(23)13-6-5-7-19-10-13/h5-11,22H,1-4H3,(H,21,23)/b20-11+. The van der Waals surface area contributed by atoms with E-state index in [0.717, 1.165) is 11.1 Å². The molecule has 0 aliphatic heterocycles. The van der Waals surface area contributed by atoms with Gasteiger partial charge in [-0.05, 0) is 36.1 Å².